The number of rotatable bonds is 1. The number of alkyl halides is 6. The fourth-order valence-corrected chi connectivity index (χ4v) is 4.14. The summed E-state index contributed by atoms with van der Waals surface area (Å²) in [6.45, 7) is 4.19. The molecule has 1 radical (unpaired) electrons. The standard InChI is InChI=1S/C15H9Br6/c1-9-7-11(14(16,17)18)8-12(13(9)15(19,20)21)10-5-3-2-4-6-10/h2-8H,1H2. The maximum Gasteiger partial charge on any atom is 0.160 e. The van der Waals surface area contributed by atoms with Crippen LogP contribution in [0.1, 0.15) is 16.7 Å². The summed E-state index contributed by atoms with van der Waals surface area (Å²) in [5.74, 6) is 0. The normalized spacial score (nSPS) is 12.5. The Kier molecular flexibility index (Phi) is 6.27. The summed E-state index contributed by atoms with van der Waals surface area (Å²) in [6, 6.07) is 14.4. The molecule has 111 valence electrons. The largest absolute Gasteiger partial charge is 0.160 e. The van der Waals surface area contributed by atoms with Crippen LogP contribution in [0.4, 0.5) is 0 Å². The molecule has 0 nitrogen and oxygen atoms in total. The van der Waals surface area contributed by atoms with E-state index in [9.17, 15) is 0 Å². The molecule has 0 N–H and O–H groups in total. The molecule has 0 aromatic heterocycles. The molecular formula is C15H9Br6. The van der Waals surface area contributed by atoms with Gasteiger partial charge in [-0.05, 0) is 35.2 Å². The summed E-state index contributed by atoms with van der Waals surface area (Å²) in [5, 5.41) is 0. The molecule has 2 rings (SSSR count). The van der Waals surface area contributed by atoms with E-state index in [0.717, 1.165) is 27.8 Å². The van der Waals surface area contributed by atoms with Gasteiger partial charge in [-0.15, -0.1) is 0 Å². The molecule has 0 aliphatic heterocycles. The van der Waals surface area contributed by atoms with Crippen LogP contribution < -0.4 is 0 Å². The topological polar surface area (TPSA) is 0 Å². The van der Waals surface area contributed by atoms with E-state index >= 15 is 0 Å². The second kappa shape index (κ2) is 7.06. The summed E-state index contributed by atoms with van der Waals surface area (Å²) in [4.78, 5) is 0. The molecule has 0 saturated heterocycles. The molecule has 0 aliphatic carbocycles. The Morgan fingerprint density at radius 1 is 0.762 bits per heavy atom. The van der Waals surface area contributed by atoms with E-state index in [4.69, 9.17) is 0 Å². The molecule has 6 heteroatoms. The first-order valence-corrected chi connectivity index (χ1v) is 10.6. The summed E-state index contributed by atoms with van der Waals surface area (Å²) in [7, 11) is 0. The van der Waals surface area contributed by atoms with Gasteiger partial charge in [-0.1, -0.05) is 132 Å². The molecule has 0 unspecified atom stereocenters. The van der Waals surface area contributed by atoms with E-state index in [1.807, 2.05) is 24.3 Å². The van der Waals surface area contributed by atoms with Crippen LogP contribution in [0, 0.1) is 6.92 Å². The minimum Gasteiger partial charge on any atom is -0.0622 e. The van der Waals surface area contributed by atoms with Crippen molar-refractivity contribution in [3.63, 3.8) is 0 Å². The van der Waals surface area contributed by atoms with Gasteiger partial charge in [0.05, 0.1) is 0 Å². The molecule has 21 heavy (non-hydrogen) atoms. The Bertz CT molecular complexity index is 638. The van der Waals surface area contributed by atoms with Crippen LogP contribution in [-0.2, 0) is 4.29 Å². The molecule has 0 aliphatic rings. The average Bonchev–Trinajstić information content (AvgIpc) is 2.36. The van der Waals surface area contributed by atoms with Gasteiger partial charge >= 0.3 is 0 Å². The first kappa shape index (κ1) is 18.7. The third-order valence-electron chi connectivity index (χ3n) is 2.92. The van der Waals surface area contributed by atoms with Crippen molar-refractivity contribution in [2.75, 3.05) is 0 Å². The Morgan fingerprint density at radius 3 is 1.81 bits per heavy atom. The van der Waals surface area contributed by atoms with Gasteiger partial charge in [0.2, 0.25) is 0 Å². The molecular weight excluding hydrogens is 660 g/mol. The van der Waals surface area contributed by atoms with Gasteiger partial charge in [-0.2, -0.15) is 0 Å². The van der Waals surface area contributed by atoms with Crippen molar-refractivity contribution in [2.24, 2.45) is 0 Å². The van der Waals surface area contributed by atoms with Crippen LogP contribution in [0.3, 0.4) is 0 Å². The molecule has 0 amide bonds. The first-order valence-electron chi connectivity index (χ1n) is 5.80. The molecule has 2 aromatic rings. The molecule has 2 aromatic carbocycles. The third kappa shape index (κ3) is 4.66. The van der Waals surface area contributed by atoms with Crippen molar-refractivity contribution in [1.82, 2.24) is 0 Å². The van der Waals surface area contributed by atoms with E-state index in [1.165, 1.54) is 0 Å². The lowest BCUT2D eigenvalue weighted by Crippen LogP contribution is -2.08. The monoisotopic (exact) mass is 663 g/mol. The van der Waals surface area contributed by atoms with E-state index in [1.54, 1.807) is 0 Å². The smallest absolute Gasteiger partial charge is 0.0622 e. The lowest BCUT2D eigenvalue weighted by Gasteiger charge is -2.24. The lowest BCUT2D eigenvalue weighted by atomic mass is 9.95. The van der Waals surface area contributed by atoms with Gasteiger partial charge in [-0.3, -0.25) is 0 Å². The molecule has 0 heterocycles. The fraction of sp³-hybridized carbons (Fsp3) is 0.133. The second-order valence-corrected chi connectivity index (χ2v) is 17.9. The van der Waals surface area contributed by atoms with E-state index in [2.05, 4.69) is 121 Å². The lowest BCUT2D eigenvalue weighted by molar-refractivity contribution is 1.27. The van der Waals surface area contributed by atoms with Gasteiger partial charge < -0.3 is 0 Å². The number of hydrogen-bond donors (Lipinski definition) is 0. The molecule has 0 atom stereocenters. The van der Waals surface area contributed by atoms with Gasteiger partial charge in [-0.25, -0.2) is 0 Å². The highest BCUT2D eigenvalue weighted by Gasteiger charge is 2.30. The fourth-order valence-electron chi connectivity index (χ4n) is 2.05. The quantitative estimate of drug-likeness (QED) is 0.270. The van der Waals surface area contributed by atoms with Crippen LogP contribution in [0.15, 0.2) is 42.5 Å². The minimum absolute atomic E-state index is 0.477. The van der Waals surface area contributed by atoms with Crippen LogP contribution in [0.5, 0.6) is 0 Å². The van der Waals surface area contributed by atoms with Crippen molar-refractivity contribution in [1.29, 1.82) is 0 Å². The zero-order valence-corrected chi connectivity index (χ0v) is 20.0. The zero-order valence-electron chi connectivity index (χ0n) is 10.5. The molecule has 0 bridgehead atoms. The van der Waals surface area contributed by atoms with Crippen molar-refractivity contribution < 1.29 is 0 Å². The van der Waals surface area contributed by atoms with Crippen LogP contribution in [0.2, 0.25) is 0 Å². The van der Waals surface area contributed by atoms with E-state index < -0.39 is 4.29 Å². The average molecular weight is 669 g/mol. The number of hydrogen-bond acceptors (Lipinski definition) is 0. The predicted molar refractivity (Wildman–Crippen MR) is 113 cm³/mol. The number of benzene rings is 2. The zero-order chi connectivity index (χ0) is 15.8. The van der Waals surface area contributed by atoms with Crippen molar-refractivity contribution >= 4 is 95.6 Å². The van der Waals surface area contributed by atoms with E-state index in [0.29, 0.717) is 0 Å². The summed E-state index contributed by atoms with van der Waals surface area (Å²) in [6.07, 6.45) is 0. The Balaban J connectivity index is 2.78. The van der Waals surface area contributed by atoms with Crippen LogP contribution in [0.25, 0.3) is 11.1 Å². The van der Waals surface area contributed by atoms with Gasteiger partial charge in [0.1, 0.15) is 0 Å². The summed E-state index contributed by atoms with van der Waals surface area (Å²) >= 11 is 21.6. The summed E-state index contributed by atoms with van der Waals surface area (Å²) < 4.78 is -1.00. The first-order chi connectivity index (χ1) is 9.60. The van der Waals surface area contributed by atoms with Crippen LogP contribution >= 0.6 is 95.6 Å². The minimum atomic E-state index is -0.526. The summed E-state index contributed by atoms with van der Waals surface area (Å²) in [5.41, 5.74) is 5.20. The maximum absolute atomic E-state index is 4.19. The molecule has 0 saturated carbocycles. The van der Waals surface area contributed by atoms with E-state index in [-0.39, 0.29) is 0 Å². The van der Waals surface area contributed by atoms with Crippen molar-refractivity contribution in [3.8, 4) is 11.1 Å². The maximum atomic E-state index is 4.19. The third-order valence-corrected chi connectivity index (χ3v) is 5.48. The highest BCUT2D eigenvalue weighted by molar-refractivity contribution is 9.39. The second-order valence-electron chi connectivity index (χ2n) is 4.42. The highest BCUT2D eigenvalue weighted by Crippen LogP contribution is 2.52. The Morgan fingerprint density at radius 2 is 1.33 bits per heavy atom. The molecule has 0 fully saturated rings. The van der Waals surface area contributed by atoms with Crippen molar-refractivity contribution in [3.05, 3.63) is 66.1 Å². The highest BCUT2D eigenvalue weighted by atomic mass is 80.0. The van der Waals surface area contributed by atoms with Crippen molar-refractivity contribution in [2.45, 2.75) is 4.29 Å². The predicted octanol–water partition coefficient (Wildman–Crippen LogP) is 8.13. The molecule has 0 spiro atoms. The Hall–Kier alpha value is 1.32. The van der Waals surface area contributed by atoms with Gasteiger partial charge in [0.25, 0.3) is 0 Å². The Labute approximate surface area is 175 Å². The van der Waals surface area contributed by atoms with Gasteiger partial charge in [0, 0.05) is 5.56 Å². The van der Waals surface area contributed by atoms with Crippen LogP contribution in [-0.4, -0.2) is 0 Å². The SMILES string of the molecule is [CH2]c1cc(C(Br)(Br)Br)cc(-c2ccccc2)c1C(Br)(Br)Br. The number of halogens is 6. The van der Waals surface area contributed by atoms with Gasteiger partial charge in [0.15, 0.2) is 4.29 Å².